The Kier molecular flexibility index (Phi) is 4.56. The van der Waals surface area contributed by atoms with Crippen LogP contribution in [0.25, 0.3) is 11.3 Å². The number of aliphatic hydroxyl groups is 1. The van der Waals surface area contributed by atoms with E-state index in [1.54, 1.807) is 10.9 Å². The van der Waals surface area contributed by atoms with E-state index in [9.17, 15) is 5.11 Å². The Morgan fingerprint density at radius 3 is 2.86 bits per heavy atom. The third-order valence-electron chi connectivity index (χ3n) is 4.29. The minimum Gasteiger partial charge on any atom is -0.391 e. The van der Waals surface area contributed by atoms with Crippen LogP contribution in [0.4, 0.5) is 0 Å². The Bertz CT molecular complexity index is 593. The Balaban J connectivity index is 1.76. The number of halogens is 1. The Morgan fingerprint density at radius 1 is 1.29 bits per heavy atom. The van der Waals surface area contributed by atoms with Crippen molar-refractivity contribution in [2.24, 2.45) is 5.92 Å². The van der Waals surface area contributed by atoms with Crippen LogP contribution in [-0.2, 0) is 6.54 Å². The molecule has 21 heavy (non-hydrogen) atoms. The van der Waals surface area contributed by atoms with Crippen molar-refractivity contribution in [3.8, 4) is 11.3 Å². The van der Waals surface area contributed by atoms with Crippen LogP contribution in [0.1, 0.15) is 32.1 Å². The van der Waals surface area contributed by atoms with E-state index >= 15 is 0 Å². The quantitative estimate of drug-likeness (QED) is 0.940. The molecule has 112 valence electrons. The van der Waals surface area contributed by atoms with Crippen LogP contribution in [0.5, 0.6) is 0 Å². The molecular formula is C16H20ClN3O. The van der Waals surface area contributed by atoms with E-state index in [1.165, 1.54) is 19.3 Å². The smallest absolute Gasteiger partial charge is 0.0887 e. The van der Waals surface area contributed by atoms with Crippen molar-refractivity contribution in [3.05, 3.63) is 35.5 Å². The summed E-state index contributed by atoms with van der Waals surface area (Å²) in [6.45, 7) is 0.493. The zero-order valence-electron chi connectivity index (χ0n) is 12.0. The number of benzene rings is 1. The third-order valence-corrected chi connectivity index (χ3v) is 4.53. The maximum atomic E-state index is 10.5. The molecule has 1 N–H and O–H groups in total. The van der Waals surface area contributed by atoms with Gasteiger partial charge in [0.25, 0.3) is 0 Å². The van der Waals surface area contributed by atoms with Gasteiger partial charge in [0.15, 0.2) is 0 Å². The molecule has 0 amide bonds. The van der Waals surface area contributed by atoms with Gasteiger partial charge < -0.3 is 5.11 Å². The zero-order chi connectivity index (χ0) is 14.7. The first kappa shape index (κ1) is 14.5. The summed E-state index contributed by atoms with van der Waals surface area (Å²) in [5, 5.41) is 19.3. The predicted octanol–water partition coefficient (Wildman–Crippen LogP) is 3.54. The van der Waals surface area contributed by atoms with Gasteiger partial charge in [-0.15, -0.1) is 5.10 Å². The lowest BCUT2D eigenvalue weighted by atomic mass is 9.85. The molecule has 1 aromatic heterocycles. The normalized spacial score (nSPS) is 17.8. The average molecular weight is 306 g/mol. The standard InChI is InChI=1S/C16H20ClN3O/c17-14-8-4-7-13(9-14)15-10-18-19-20(15)11-16(21)12-5-2-1-3-6-12/h4,7-10,12,16,21H,1-3,5-6,11H2. The fourth-order valence-corrected chi connectivity index (χ4v) is 3.30. The summed E-state index contributed by atoms with van der Waals surface area (Å²) in [4.78, 5) is 0. The summed E-state index contributed by atoms with van der Waals surface area (Å²) >= 11 is 6.04. The number of aromatic nitrogens is 3. The van der Waals surface area contributed by atoms with Gasteiger partial charge in [-0.3, -0.25) is 0 Å². The Morgan fingerprint density at radius 2 is 2.10 bits per heavy atom. The largest absolute Gasteiger partial charge is 0.391 e. The molecule has 0 aliphatic heterocycles. The first-order valence-electron chi connectivity index (χ1n) is 7.56. The minimum atomic E-state index is -0.357. The predicted molar refractivity (Wildman–Crippen MR) is 83.0 cm³/mol. The van der Waals surface area contributed by atoms with Crippen LogP contribution in [0.15, 0.2) is 30.5 Å². The molecule has 1 aromatic carbocycles. The highest BCUT2D eigenvalue weighted by Crippen LogP contribution is 2.28. The van der Waals surface area contributed by atoms with Gasteiger partial charge in [-0.2, -0.15) is 0 Å². The van der Waals surface area contributed by atoms with Gasteiger partial charge in [0.2, 0.25) is 0 Å². The molecule has 1 aliphatic rings. The van der Waals surface area contributed by atoms with Crippen LogP contribution in [-0.4, -0.2) is 26.2 Å². The van der Waals surface area contributed by atoms with Crippen LogP contribution in [0.2, 0.25) is 5.02 Å². The van der Waals surface area contributed by atoms with Crippen molar-refractivity contribution in [2.45, 2.75) is 44.8 Å². The molecule has 1 atom stereocenters. The molecule has 0 bridgehead atoms. The lowest BCUT2D eigenvalue weighted by Crippen LogP contribution is -2.28. The highest BCUT2D eigenvalue weighted by Gasteiger charge is 2.23. The molecule has 0 saturated heterocycles. The topological polar surface area (TPSA) is 50.9 Å². The van der Waals surface area contributed by atoms with E-state index in [-0.39, 0.29) is 6.10 Å². The van der Waals surface area contributed by atoms with Crippen molar-refractivity contribution in [3.63, 3.8) is 0 Å². The van der Waals surface area contributed by atoms with Crippen LogP contribution in [0.3, 0.4) is 0 Å². The second-order valence-corrected chi connectivity index (χ2v) is 6.21. The number of nitrogens with zero attached hydrogens (tertiary/aromatic N) is 3. The number of hydrogen-bond acceptors (Lipinski definition) is 3. The number of aliphatic hydroxyl groups excluding tert-OH is 1. The number of hydrogen-bond donors (Lipinski definition) is 1. The highest BCUT2D eigenvalue weighted by atomic mass is 35.5. The molecule has 2 aromatic rings. The van der Waals surface area contributed by atoms with E-state index < -0.39 is 0 Å². The van der Waals surface area contributed by atoms with Crippen molar-refractivity contribution in [1.82, 2.24) is 15.0 Å². The fraction of sp³-hybridized carbons (Fsp3) is 0.500. The van der Waals surface area contributed by atoms with Gasteiger partial charge in [-0.1, -0.05) is 48.2 Å². The second-order valence-electron chi connectivity index (χ2n) is 5.78. The van der Waals surface area contributed by atoms with Gasteiger partial charge in [-0.05, 0) is 30.9 Å². The summed E-state index contributed by atoms with van der Waals surface area (Å²) in [5.74, 6) is 0.384. The molecule has 1 saturated carbocycles. The van der Waals surface area contributed by atoms with Crippen molar-refractivity contribution < 1.29 is 5.11 Å². The SMILES string of the molecule is OC(Cn1nncc1-c1cccc(Cl)c1)C1CCCCC1. The highest BCUT2D eigenvalue weighted by molar-refractivity contribution is 6.30. The van der Waals surface area contributed by atoms with Crippen LogP contribution in [0, 0.1) is 5.92 Å². The zero-order valence-corrected chi connectivity index (χ0v) is 12.7. The second kappa shape index (κ2) is 6.58. The fourth-order valence-electron chi connectivity index (χ4n) is 3.11. The number of rotatable bonds is 4. The van der Waals surface area contributed by atoms with Gasteiger partial charge >= 0.3 is 0 Å². The summed E-state index contributed by atoms with van der Waals surface area (Å²) in [6, 6.07) is 7.63. The molecule has 3 rings (SSSR count). The van der Waals surface area contributed by atoms with E-state index in [0.29, 0.717) is 17.5 Å². The molecule has 1 aliphatic carbocycles. The van der Waals surface area contributed by atoms with Crippen molar-refractivity contribution >= 4 is 11.6 Å². The summed E-state index contributed by atoms with van der Waals surface area (Å²) in [5.41, 5.74) is 1.87. The van der Waals surface area contributed by atoms with Gasteiger partial charge in [0.1, 0.15) is 0 Å². The summed E-state index contributed by atoms with van der Waals surface area (Å²) in [6.07, 6.45) is 7.33. The van der Waals surface area contributed by atoms with Gasteiger partial charge in [0, 0.05) is 10.6 Å². The van der Waals surface area contributed by atoms with Gasteiger partial charge in [0.05, 0.1) is 24.5 Å². The minimum absolute atomic E-state index is 0.357. The van der Waals surface area contributed by atoms with Crippen LogP contribution >= 0.6 is 11.6 Å². The maximum absolute atomic E-state index is 10.5. The van der Waals surface area contributed by atoms with Crippen LogP contribution < -0.4 is 0 Å². The molecule has 5 heteroatoms. The lowest BCUT2D eigenvalue weighted by molar-refractivity contribution is 0.0664. The monoisotopic (exact) mass is 305 g/mol. The summed E-state index contributed by atoms with van der Waals surface area (Å²) in [7, 11) is 0. The maximum Gasteiger partial charge on any atom is 0.0887 e. The molecular weight excluding hydrogens is 286 g/mol. The Hall–Kier alpha value is -1.39. The molecule has 1 heterocycles. The van der Waals surface area contributed by atoms with E-state index in [2.05, 4.69) is 10.3 Å². The molecule has 4 nitrogen and oxygen atoms in total. The average Bonchev–Trinajstić information content (AvgIpc) is 2.96. The summed E-state index contributed by atoms with van der Waals surface area (Å²) < 4.78 is 1.78. The molecule has 1 fully saturated rings. The first-order valence-corrected chi connectivity index (χ1v) is 7.94. The van der Waals surface area contributed by atoms with Gasteiger partial charge in [-0.25, -0.2) is 4.68 Å². The lowest BCUT2D eigenvalue weighted by Gasteiger charge is -2.26. The molecule has 0 radical (unpaired) electrons. The third kappa shape index (κ3) is 3.44. The molecule has 1 unspecified atom stereocenters. The van der Waals surface area contributed by atoms with E-state index in [4.69, 9.17) is 11.6 Å². The molecule has 0 spiro atoms. The van der Waals surface area contributed by atoms with Crippen molar-refractivity contribution in [2.75, 3.05) is 0 Å². The Labute approximate surface area is 129 Å². The van der Waals surface area contributed by atoms with E-state index in [0.717, 1.165) is 24.1 Å². The first-order chi connectivity index (χ1) is 10.2. The van der Waals surface area contributed by atoms with E-state index in [1.807, 2.05) is 24.3 Å². The van der Waals surface area contributed by atoms with Crippen molar-refractivity contribution in [1.29, 1.82) is 0 Å².